The number of esters is 1. The molecule has 0 radical (unpaired) electrons. The van der Waals surface area contributed by atoms with Crippen LogP contribution < -0.4 is 21.4 Å². The van der Waals surface area contributed by atoms with Crippen molar-refractivity contribution in [3.8, 4) is 5.75 Å². The Morgan fingerprint density at radius 1 is 0.988 bits per heavy atom. The maximum atomic E-state index is 15.4. The van der Waals surface area contributed by atoms with E-state index in [-0.39, 0.29) is 79.4 Å². The molecule has 5 rings (SSSR count). The topological polar surface area (TPSA) is 273 Å². The van der Waals surface area contributed by atoms with Crippen LogP contribution in [0, 0.1) is 53.1 Å². The van der Waals surface area contributed by atoms with Gasteiger partial charge in [0.05, 0.1) is 30.3 Å². The lowest BCUT2D eigenvalue weighted by Gasteiger charge is -2.51. The molecule has 20 heteroatoms. The van der Waals surface area contributed by atoms with E-state index in [1.807, 2.05) is 39.8 Å². The number of amides is 4. The van der Waals surface area contributed by atoms with Gasteiger partial charge in [-0.3, -0.25) is 29.0 Å². The van der Waals surface area contributed by atoms with Crippen LogP contribution in [0.4, 0.5) is 8.78 Å². The molecule has 444 valence electrons. The second-order valence-electron chi connectivity index (χ2n) is 23.0. The number of ether oxygens (including phenoxy) is 2. The fraction of sp³-hybridized carbons (Fsp3) is 0.633. The molecule has 9 N–H and O–H groups in total. The number of halogens is 2. The molecule has 0 aliphatic carbocycles. The van der Waals surface area contributed by atoms with Crippen molar-refractivity contribution >= 4 is 35.4 Å². The van der Waals surface area contributed by atoms with Gasteiger partial charge >= 0.3 is 5.97 Å². The van der Waals surface area contributed by atoms with Crippen LogP contribution in [0.25, 0.3) is 0 Å². The third-order valence-electron chi connectivity index (χ3n) is 16.7. The fourth-order valence-electron chi connectivity index (χ4n) is 11.0. The maximum Gasteiger partial charge on any atom is 0.325 e. The summed E-state index contributed by atoms with van der Waals surface area (Å²) in [4.78, 5) is 82.1. The predicted molar refractivity (Wildman–Crippen MR) is 295 cm³/mol. The number of benzene rings is 1. The molecule has 1 unspecified atom stereocenters. The summed E-state index contributed by atoms with van der Waals surface area (Å²) in [5, 5.41) is 65.1. The summed E-state index contributed by atoms with van der Waals surface area (Å²) < 4.78 is 42.4. The third-order valence-corrected chi connectivity index (χ3v) is 16.7. The van der Waals surface area contributed by atoms with Crippen LogP contribution in [0.15, 0.2) is 71.6 Å². The highest BCUT2D eigenvalue weighted by molar-refractivity contribution is 5.93. The predicted octanol–water partition coefficient (Wildman–Crippen LogP) is 6.52. The molecule has 2 fully saturated rings. The van der Waals surface area contributed by atoms with E-state index < -0.39 is 126 Å². The van der Waals surface area contributed by atoms with Crippen LogP contribution >= 0.6 is 0 Å². The summed E-state index contributed by atoms with van der Waals surface area (Å²) in [7, 11) is 0. The fourth-order valence-corrected chi connectivity index (χ4v) is 11.0. The van der Waals surface area contributed by atoms with Crippen molar-refractivity contribution in [3.63, 3.8) is 0 Å². The van der Waals surface area contributed by atoms with Crippen molar-refractivity contribution in [1.82, 2.24) is 26.4 Å². The van der Waals surface area contributed by atoms with Crippen molar-refractivity contribution in [2.75, 3.05) is 6.54 Å². The van der Waals surface area contributed by atoms with Gasteiger partial charge < -0.3 is 55.8 Å². The summed E-state index contributed by atoms with van der Waals surface area (Å²) >= 11 is 0. The molecule has 1 aromatic carbocycles. The van der Waals surface area contributed by atoms with Crippen molar-refractivity contribution < 1.29 is 72.6 Å². The minimum absolute atomic E-state index is 0.0430. The van der Waals surface area contributed by atoms with Crippen LogP contribution in [-0.2, 0) is 44.7 Å². The van der Waals surface area contributed by atoms with Crippen LogP contribution in [-0.4, -0.2) is 127 Å². The van der Waals surface area contributed by atoms with Crippen molar-refractivity contribution in [3.05, 3.63) is 88.8 Å². The Morgan fingerprint density at radius 2 is 1.70 bits per heavy atom. The van der Waals surface area contributed by atoms with Crippen molar-refractivity contribution in [2.24, 2.45) is 41.4 Å². The SMILES string of the molecule is CC[C@H]1C[C@H](C)[C@@]2(NC1=O)O[C@@H](C[C@H](O)[C@@H](C)CC/C=C/C=C(\C)[C@@H]1C/C=C/C=C/[C@H](O)[C@H](C)[C@@H](O)[C@@H](CCC(C)=O)C(=O)N[C@@H](C(C)C)C(=O)N[C@@H](Cc3ccc(F)c(O)c3F)C(=O)N3CCCC(N3)C(=O)O1)[C@H](C)C(O)=C2C. The molecule has 4 amide bonds. The number of hydrogen-bond donors (Lipinski definition) is 9. The first-order valence-corrected chi connectivity index (χ1v) is 28.4. The summed E-state index contributed by atoms with van der Waals surface area (Å²) in [5.41, 5.74) is 2.66. The number of fused-ring (bicyclic) bond motifs is 2. The lowest BCUT2D eigenvalue weighted by Crippen LogP contribution is -2.65. The average molecular weight is 1120 g/mol. The molecule has 15 atom stereocenters. The van der Waals surface area contributed by atoms with Gasteiger partial charge in [0.25, 0.3) is 5.91 Å². The first-order chi connectivity index (χ1) is 37.7. The highest BCUT2D eigenvalue weighted by atomic mass is 19.1. The van der Waals surface area contributed by atoms with Gasteiger partial charge in [0.15, 0.2) is 23.1 Å². The number of carbonyl (C=O) groups is 6. The molecule has 4 aliphatic rings. The number of piperidine rings is 1. The van der Waals surface area contributed by atoms with Gasteiger partial charge in [-0.25, -0.2) is 14.2 Å². The van der Waals surface area contributed by atoms with E-state index >= 15 is 4.39 Å². The van der Waals surface area contributed by atoms with Gasteiger partial charge in [-0.2, -0.15) is 0 Å². The molecule has 0 saturated carbocycles. The highest BCUT2D eigenvalue weighted by Gasteiger charge is 2.53. The summed E-state index contributed by atoms with van der Waals surface area (Å²) in [5.74, 6) is -11.0. The number of cyclic esters (lactones) is 1. The van der Waals surface area contributed by atoms with Crippen LogP contribution in [0.5, 0.6) is 5.75 Å². The van der Waals surface area contributed by atoms with E-state index in [1.54, 1.807) is 52.0 Å². The van der Waals surface area contributed by atoms with E-state index in [2.05, 4.69) is 21.4 Å². The van der Waals surface area contributed by atoms with Gasteiger partial charge in [0.2, 0.25) is 17.7 Å². The number of hydrazine groups is 1. The number of phenolic OH excluding ortho intramolecular Hbond substituents is 1. The Morgan fingerprint density at radius 3 is 2.38 bits per heavy atom. The number of carbonyl (C=O) groups excluding carboxylic acids is 6. The summed E-state index contributed by atoms with van der Waals surface area (Å²) in [6.07, 6.45) is 9.45. The van der Waals surface area contributed by atoms with Crippen LogP contribution in [0.1, 0.15) is 139 Å². The van der Waals surface area contributed by atoms with E-state index in [4.69, 9.17) is 9.47 Å². The van der Waals surface area contributed by atoms with E-state index in [9.17, 15) is 58.7 Å². The van der Waals surface area contributed by atoms with Gasteiger partial charge in [-0.15, -0.1) is 0 Å². The Labute approximate surface area is 469 Å². The van der Waals surface area contributed by atoms with E-state index in [1.165, 1.54) is 19.9 Å². The number of nitrogens with zero attached hydrogens (tertiary/aromatic N) is 1. The smallest absolute Gasteiger partial charge is 0.325 e. The second-order valence-corrected chi connectivity index (χ2v) is 23.0. The number of hydrogen-bond acceptors (Lipinski definition) is 14. The molecule has 4 aliphatic heterocycles. The Kier molecular flexibility index (Phi) is 23.8. The molecule has 1 aromatic rings. The molecule has 80 heavy (non-hydrogen) atoms. The zero-order chi connectivity index (χ0) is 59.3. The second kappa shape index (κ2) is 29.3. The van der Waals surface area contributed by atoms with E-state index in [0.717, 1.165) is 17.1 Å². The molecule has 0 aromatic heterocycles. The lowest BCUT2D eigenvalue weighted by molar-refractivity contribution is -0.185. The summed E-state index contributed by atoms with van der Waals surface area (Å²) in [6, 6.07) is -2.20. The molecule has 4 heterocycles. The number of rotatable bonds is 15. The average Bonchev–Trinajstić information content (AvgIpc) is 3.63. The number of aromatic hydroxyl groups is 1. The first kappa shape index (κ1) is 65.0. The van der Waals surface area contributed by atoms with Gasteiger partial charge in [0, 0.05) is 61.5 Å². The first-order valence-electron chi connectivity index (χ1n) is 28.4. The third kappa shape index (κ3) is 16.2. The van der Waals surface area contributed by atoms with Gasteiger partial charge in [-0.05, 0) is 94.8 Å². The minimum atomic E-state index is -1.61. The molecular formula is C60H87F2N5O13. The molecular weight excluding hydrogens is 1040 g/mol. The van der Waals surface area contributed by atoms with Crippen LogP contribution in [0.2, 0.25) is 0 Å². The standard InChI is InChI=1S/C60H87F2N5O13/c1-11-40-29-35(6)60(65-55(40)74)39(10)52(71)38(9)49(80-60)31-47(70)33(4)19-14-12-15-20-34(5)48-23-17-13-16-22-46(69)37(8)53(72)42(26-24-36(7)68)56(75)64-51(32(2)3)57(76)63-45(30-41-25-27-43(61)54(73)50(41)62)58(77)67-28-18-21-44(66-67)59(78)79-48/h12-13,15-17,20,22,25,27,32-33,35,37-38,40,42,44-49,51,53,66,69-73H,11,14,18-19,21,23-24,26,28-31H2,1-10H3,(H,63,76)(H,64,75)(H,65,74)/b15-12+,17-13+,22-16+,34-20+/t33-,35-,37-,38-,40-,42+,44?,45-,46-,47-,48-,49-,51-,53+,60+/m0/s1. The summed E-state index contributed by atoms with van der Waals surface area (Å²) in [6.45, 7) is 17.5. The highest BCUT2D eigenvalue weighted by Crippen LogP contribution is 2.45. The Balaban J connectivity index is 1.37. The number of aliphatic hydroxyl groups excluding tert-OH is 4. The maximum absolute atomic E-state index is 15.4. The van der Waals surface area contributed by atoms with Gasteiger partial charge in [0.1, 0.15) is 35.8 Å². The number of nitrogens with one attached hydrogen (secondary N) is 4. The van der Waals surface area contributed by atoms with Gasteiger partial charge in [-0.1, -0.05) is 97.1 Å². The number of aliphatic hydroxyl groups is 4. The number of Topliss-reactive ketones (excluding diaryl/α,β-unsaturated/α-hetero) is 1. The molecule has 2 bridgehead atoms. The molecule has 18 nitrogen and oxygen atoms in total. The quantitative estimate of drug-likeness (QED) is 0.0669. The zero-order valence-corrected chi connectivity index (χ0v) is 48.0. The monoisotopic (exact) mass is 1120 g/mol. The number of allylic oxidation sites excluding steroid dienone is 5. The largest absolute Gasteiger partial charge is 0.512 e. The molecule has 1 spiro atoms. The van der Waals surface area contributed by atoms with E-state index in [0.29, 0.717) is 43.3 Å². The van der Waals surface area contributed by atoms with Crippen molar-refractivity contribution in [1.29, 1.82) is 0 Å². The number of ketones is 1. The molecule has 2 saturated heterocycles. The Hall–Kier alpha value is -5.80. The van der Waals surface area contributed by atoms with Crippen molar-refractivity contribution in [2.45, 2.75) is 194 Å². The zero-order valence-electron chi connectivity index (χ0n) is 48.0. The minimum Gasteiger partial charge on any atom is -0.512 e. The lowest BCUT2D eigenvalue weighted by atomic mass is 9.74. The Bertz CT molecular complexity index is 2530. The van der Waals surface area contributed by atoms with Crippen LogP contribution in [0.3, 0.4) is 0 Å². The number of phenols is 1. The normalized spacial score (nSPS) is 32.6.